The number of carboxylic acid groups (broad SMARTS) is 1. The van der Waals surface area contributed by atoms with Gasteiger partial charge in [0.15, 0.2) is 0 Å². The van der Waals surface area contributed by atoms with E-state index in [1.54, 1.807) is 0 Å². The fraction of sp³-hybridized carbons (Fsp3) is 0.531. The molecule has 0 heterocycles. The minimum absolute atomic E-state index is 0.0603. The van der Waals surface area contributed by atoms with Crippen LogP contribution < -0.4 is 5.32 Å². The number of carbonyl (C=O) groups is 3. The largest absolute Gasteiger partial charge is 0.480 e. The van der Waals surface area contributed by atoms with Crippen LogP contribution in [0.1, 0.15) is 102 Å². The smallest absolute Gasteiger partial charge is 0.407 e. The molecule has 2 N–H and O–H groups in total. The number of rotatable bonds is 16. The topological polar surface area (TPSA) is 102 Å². The van der Waals surface area contributed by atoms with Crippen molar-refractivity contribution in [2.24, 2.45) is 0 Å². The maximum atomic E-state index is 13.0. The zero-order chi connectivity index (χ0) is 28.3. The summed E-state index contributed by atoms with van der Waals surface area (Å²) >= 11 is 0. The molecule has 0 spiro atoms. The van der Waals surface area contributed by atoms with E-state index >= 15 is 0 Å². The molecule has 0 aromatic heterocycles. The molecular formula is C32H43NO6. The molecule has 1 aliphatic carbocycles. The molecule has 0 saturated heterocycles. The average molecular weight is 538 g/mol. The number of ether oxygens (including phenoxy) is 2. The predicted molar refractivity (Wildman–Crippen MR) is 152 cm³/mol. The molecule has 212 valence electrons. The molecule has 0 aliphatic heterocycles. The van der Waals surface area contributed by atoms with Crippen molar-refractivity contribution in [1.29, 1.82) is 0 Å². The van der Waals surface area contributed by atoms with Crippen molar-refractivity contribution < 1.29 is 29.0 Å². The second kappa shape index (κ2) is 14.7. The third kappa shape index (κ3) is 8.07. The Labute approximate surface area is 232 Å². The first kappa shape index (κ1) is 30.2. The molecule has 2 aromatic carbocycles. The molecule has 0 unspecified atom stereocenters. The van der Waals surface area contributed by atoms with Gasteiger partial charge < -0.3 is 19.9 Å². The molecule has 1 atom stereocenters. The lowest BCUT2D eigenvalue weighted by molar-refractivity contribution is -0.165. The Bertz CT molecular complexity index is 1050. The van der Waals surface area contributed by atoms with Crippen LogP contribution in [-0.4, -0.2) is 41.4 Å². The van der Waals surface area contributed by atoms with E-state index in [9.17, 15) is 19.5 Å². The lowest BCUT2D eigenvalue weighted by Crippen LogP contribution is -2.44. The molecule has 7 heteroatoms. The molecule has 39 heavy (non-hydrogen) atoms. The molecular weight excluding hydrogens is 494 g/mol. The Hall–Kier alpha value is -3.35. The van der Waals surface area contributed by atoms with E-state index in [0.717, 1.165) is 80.0 Å². The fourth-order valence-electron chi connectivity index (χ4n) is 5.46. The summed E-state index contributed by atoms with van der Waals surface area (Å²) in [4.78, 5) is 37.7. The average Bonchev–Trinajstić information content (AvgIpc) is 3.25. The van der Waals surface area contributed by atoms with Gasteiger partial charge in [-0.05, 0) is 60.8 Å². The van der Waals surface area contributed by atoms with Gasteiger partial charge in [-0.3, -0.25) is 4.79 Å². The van der Waals surface area contributed by atoms with Crippen LogP contribution in [-0.2, 0) is 19.1 Å². The van der Waals surface area contributed by atoms with Crippen LogP contribution in [0.15, 0.2) is 48.5 Å². The van der Waals surface area contributed by atoms with Gasteiger partial charge in [0.25, 0.3) is 0 Å². The highest BCUT2D eigenvalue weighted by atomic mass is 16.6. The highest BCUT2D eigenvalue weighted by Gasteiger charge is 2.35. The van der Waals surface area contributed by atoms with Crippen molar-refractivity contribution in [2.45, 2.75) is 103 Å². The molecule has 0 fully saturated rings. The summed E-state index contributed by atoms with van der Waals surface area (Å²) < 4.78 is 11.5. The monoisotopic (exact) mass is 537 g/mol. The van der Waals surface area contributed by atoms with E-state index in [4.69, 9.17) is 9.47 Å². The van der Waals surface area contributed by atoms with E-state index in [2.05, 4.69) is 26.1 Å². The van der Waals surface area contributed by atoms with Gasteiger partial charge in [0.05, 0.1) is 6.42 Å². The lowest BCUT2D eigenvalue weighted by atomic mass is 9.85. The molecule has 1 aliphatic rings. The Morgan fingerprint density at radius 3 is 1.79 bits per heavy atom. The van der Waals surface area contributed by atoms with Crippen molar-refractivity contribution in [1.82, 2.24) is 5.32 Å². The summed E-state index contributed by atoms with van der Waals surface area (Å²) in [6.07, 6.45) is 6.70. The van der Waals surface area contributed by atoms with Gasteiger partial charge in [-0.1, -0.05) is 88.6 Å². The fourth-order valence-corrected chi connectivity index (χ4v) is 5.46. The van der Waals surface area contributed by atoms with E-state index < -0.39 is 36.1 Å². The Kier molecular flexibility index (Phi) is 11.4. The zero-order valence-electron chi connectivity index (χ0n) is 23.5. The summed E-state index contributed by atoms with van der Waals surface area (Å²) in [5, 5.41) is 12.1. The zero-order valence-corrected chi connectivity index (χ0v) is 23.5. The van der Waals surface area contributed by atoms with Gasteiger partial charge in [-0.15, -0.1) is 0 Å². The Balaban J connectivity index is 1.63. The predicted octanol–water partition coefficient (Wildman–Crippen LogP) is 7.22. The minimum atomic E-state index is -1.44. The number of fused-ring (bicyclic) bond motifs is 3. The van der Waals surface area contributed by atoms with Crippen molar-refractivity contribution >= 4 is 18.0 Å². The Morgan fingerprint density at radius 2 is 1.33 bits per heavy atom. The van der Waals surface area contributed by atoms with Crippen LogP contribution in [0, 0.1) is 0 Å². The number of carbonyl (C=O) groups excluding carboxylic acids is 2. The van der Waals surface area contributed by atoms with Gasteiger partial charge in [0, 0.05) is 5.92 Å². The second-order valence-electron chi connectivity index (χ2n) is 10.5. The normalized spacial score (nSPS) is 13.3. The number of unbranched alkanes of at least 4 members (excludes halogenated alkanes) is 3. The van der Waals surface area contributed by atoms with Crippen molar-refractivity contribution in [2.75, 3.05) is 6.61 Å². The highest BCUT2D eigenvalue weighted by molar-refractivity contribution is 5.85. The van der Waals surface area contributed by atoms with Crippen LogP contribution in [0.5, 0.6) is 0 Å². The number of aliphatic carboxylic acids is 1. The van der Waals surface area contributed by atoms with Gasteiger partial charge >= 0.3 is 18.0 Å². The number of alkyl carbamates (subject to hydrolysis) is 1. The van der Waals surface area contributed by atoms with E-state index in [-0.39, 0.29) is 12.5 Å². The summed E-state index contributed by atoms with van der Waals surface area (Å²) in [7, 11) is 0. The van der Waals surface area contributed by atoms with Crippen molar-refractivity contribution in [3.05, 3.63) is 59.7 Å². The maximum Gasteiger partial charge on any atom is 0.407 e. The standard InChI is InChI=1S/C32H43NO6/c1-4-7-18-32(19-8-5-2,20-9-6-3)39-29(34)21-28(30(35)36)33-31(37)38-22-27-25-16-12-10-14-23(25)24-15-11-13-17-26(24)27/h10-17,27-28H,4-9,18-22H2,1-3H3,(H,33,37)(H,35,36)/t28-/m0/s1. The molecule has 7 nitrogen and oxygen atoms in total. The van der Waals surface area contributed by atoms with Gasteiger partial charge in [0.2, 0.25) is 0 Å². The van der Waals surface area contributed by atoms with Crippen molar-refractivity contribution in [3.8, 4) is 11.1 Å². The van der Waals surface area contributed by atoms with Crippen LogP contribution in [0.4, 0.5) is 4.79 Å². The number of benzene rings is 2. The SMILES string of the molecule is CCCCC(CCCC)(CCCC)OC(=O)C[C@H](NC(=O)OCC1c2ccccc2-c2ccccc21)C(=O)O. The van der Waals surface area contributed by atoms with E-state index in [1.165, 1.54) is 0 Å². The summed E-state index contributed by atoms with van der Waals surface area (Å²) in [5.74, 6) is -2.06. The van der Waals surface area contributed by atoms with Gasteiger partial charge in [0.1, 0.15) is 18.2 Å². The second-order valence-corrected chi connectivity index (χ2v) is 10.5. The summed E-state index contributed by atoms with van der Waals surface area (Å²) in [6, 6.07) is 14.5. The number of hydrogen-bond acceptors (Lipinski definition) is 5. The molecule has 0 saturated carbocycles. The number of nitrogens with one attached hydrogen (secondary N) is 1. The molecule has 2 aromatic rings. The molecule has 1 amide bonds. The minimum Gasteiger partial charge on any atom is -0.480 e. The van der Waals surface area contributed by atoms with Crippen LogP contribution in [0.25, 0.3) is 11.1 Å². The van der Waals surface area contributed by atoms with E-state index in [0.29, 0.717) is 0 Å². The van der Waals surface area contributed by atoms with Gasteiger partial charge in [-0.2, -0.15) is 0 Å². The lowest BCUT2D eigenvalue weighted by Gasteiger charge is -2.34. The first-order valence-electron chi connectivity index (χ1n) is 14.4. The summed E-state index contributed by atoms with van der Waals surface area (Å²) in [5.41, 5.74) is 3.74. The quantitative estimate of drug-likeness (QED) is 0.219. The number of hydrogen-bond donors (Lipinski definition) is 2. The maximum absolute atomic E-state index is 13.0. The first-order valence-corrected chi connectivity index (χ1v) is 14.4. The van der Waals surface area contributed by atoms with E-state index in [1.807, 2.05) is 48.5 Å². The molecule has 0 radical (unpaired) electrons. The third-order valence-electron chi connectivity index (χ3n) is 7.59. The van der Waals surface area contributed by atoms with Crippen LogP contribution in [0.3, 0.4) is 0 Å². The molecule has 3 rings (SSSR count). The van der Waals surface area contributed by atoms with Crippen LogP contribution in [0.2, 0.25) is 0 Å². The third-order valence-corrected chi connectivity index (χ3v) is 7.59. The summed E-state index contributed by atoms with van der Waals surface area (Å²) in [6.45, 7) is 6.37. The van der Waals surface area contributed by atoms with Crippen molar-refractivity contribution in [3.63, 3.8) is 0 Å². The van der Waals surface area contributed by atoms with Gasteiger partial charge in [-0.25, -0.2) is 9.59 Å². The van der Waals surface area contributed by atoms with Crippen LogP contribution >= 0.6 is 0 Å². The first-order chi connectivity index (χ1) is 18.8. The number of amides is 1. The Morgan fingerprint density at radius 1 is 0.846 bits per heavy atom. The highest BCUT2D eigenvalue weighted by Crippen LogP contribution is 2.44. The molecule has 0 bridgehead atoms. The number of esters is 1. The number of carboxylic acids is 1.